The number of nitrogens with zero attached hydrogens (tertiary/aromatic N) is 1. The number of rotatable bonds is 7. The number of hydrogen-bond donors (Lipinski definition) is 0. The van der Waals surface area contributed by atoms with Gasteiger partial charge < -0.3 is 9.64 Å². The summed E-state index contributed by atoms with van der Waals surface area (Å²) in [5.41, 5.74) is 21.4. The normalized spacial score (nSPS) is 13.8. The summed E-state index contributed by atoms with van der Waals surface area (Å²) in [6.07, 6.45) is 0. The van der Waals surface area contributed by atoms with E-state index >= 15 is 0 Å². The van der Waals surface area contributed by atoms with Crippen molar-refractivity contribution in [3.05, 3.63) is 317 Å². The minimum atomic E-state index is -0.631. The molecule has 0 atom stereocenters. The molecule has 0 fully saturated rings. The van der Waals surface area contributed by atoms with Crippen LogP contribution in [0, 0.1) is 0 Å². The standard InChI is InChI=1S/C68H45NO/c1-5-21-46(22-6-1)48-37-42-64(57(43-48)47-23-7-2-8-24-47)69(51-38-40-55-53-29-13-15-31-58(53)67(62(55)44-51,49-25-9-3-10-26-49)50-27-11-4-12-28-50)52-39-41-56-54-30-14-16-32-59(54)68(63(56)45-52)60-33-17-19-35-65(60)70-66-36-20-18-34-61(66)68/h1-45H. The predicted octanol–water partition coefficient (Wildman–Crippen LogP) is 17.3. The molecule has 2 aliphatic carbocycles. The lowest BCUT2D eigenvalue weighted by atomic mass is 9.66. The van der Waals surface area contributed by atoms with Crippen molar-refractivity contribution in [2.45, 2.75) is 10.8 Å². The van der Waals surface area contributed by atoms with E-state index < -0.39 is 10.8 Å². The smallest absolute Gasteiger partial charge is 0.132 e. The Labute approximate surface area is 409 Å². The van der Waals surface area contributed by atoms with Gasteiger partial charge in [-0.15, -0.1) is 0 Å². The van der Waals surface area contributed by atoms with Crippen molar-refractivity contribution < 1.29 is 4.74 Å². The summed E-state index contributed by atoms with van der Waals surface area (Å²) in [5.74, 6) is 1.76. The van der Waals surface area contributed by atoms with E-state index in [-0.39, 0.29) is 0 Å². The van der Waals surface area contributed by atoms with E-state index in [2.05, 4.69) is 278 Å². The summed E-state index contributed by atoms with van der Waals surface area (Å²) in [5, 5.41) is 0. The van der Waals surface area contributed by atoms with Gasteiger partial charge in [-0.3, -0.25) is 0 Å². The third-order valence-electron chi connectivity index (χ3n) is 15.2. The van der Waals surface area contributed by atoms with Crippen LogP contribution in [0.4, 0.5) is 17.1 Å². The fourth-order valence-electron chi connectivity index (χ4n) is 12.4. The molecule has 11 aromatic carbocycles. The summed E-state index contributed by atoms with van der Waals surface area (Å²) >= 11 is 0. The van der Waals surface area contributed by atoms with Crippen LogP contribution >= 0.6 is 0 Å². The Morgan fingerprint density at radius 2 is 0.671 bits per heavy atom. The van der Waals surface area contributed by atoms with Gasteiger partial charge in [0.25, 0.3) is 0 Å². The first kappa shape index (κ1) is 40.1. The summed E-state index contributed by atoms with van der Waals surface area (Å²) in [6, 6.07) is 101. The van der Waals surface area contributed by atoms with Gasteiger partial charge in [0.15, 0.2) is 0 Å². The van der Waals surface area contributed by atoms with Gasteiger partial charge in [0.05, 0.1) is 16.5 Å². The maximum atomic E-state index is 6.77. The largest absolute Gasteiger partial charge is 0.457 e. The Morgan fingerprint density at radius 3 is 1.21 bits per heavy atom. The first-order valence-electron chi connectivity index (χ1n) is 24.2. The topological polar surface area (TPSA) is 12.5 Å². The highest BCUT2D eigenvalue weighted by Crippen LogP contribution is 2.63. The quantitative estimate of drug-likeness (QED) is 0.158. The van der Waals surface area contributed by atoms with Crippen molar-refractivity contribution in [2.75, 3.05) is 4.90 Å². The number of para-hydroxylation sites is 2. The molecule has 11 aromatic rings. The number of ether oxygens (including phenoxy) is 1. The molecular weight excluding hydrogens is 847 g/mol. The second kappa shape index (κ2) is 15.8. The maximum Gasteiger partial charge on any atom is 0.132 e. The molecule has 3 aliphatic rings. The van der Waals surface area contributed by atoms with Gasteiger partial charge in [-0.05, 0) is 121 Å². The van der Waals surface area contributed by atoms with E-state index in [4.69, 9.17) is 4.74 Å². The zero-order valence-corrected chi connectivity index (χ0v) is 38.3. The molecule has 0 radical (unpaired) electrons. The highest BCUT2D eigenvalue weighted by Gasteiger charge is 2.51. The van der Waals surface area contributed by atoms with E-state index in [0.717, 1.165) is 50.8 Å². The third-order valence-corrected chi connectivity index (χ3v) is 15.2. The average molecular weight is 892 g/mol. The average Bonchev–Trinajstić information content (AvgIpc) is 3.90. The van der Waals surface area contributed by atoms with Crippen molar-refractivity contribution in [3.63, 3.8) is 0 Å². The van der Waals surface area contributed by atoms with Crippen LogP contribution < -0.4 is 9.64 Å². The van der Waals surface area contributed by atoms with Gasteiger partial charge in [0.1, 0.15) is 11.5 Å². The van der Waals surface area contributed by atoms with Crippen LogP contribution in [0.5, 0.6) is 11.5 Å². The molecule has 1 heterocycles. The van der Waals surface area contributed by atoms with Gasteiger partial charge >= 0.3 is 0 Å². The predicted molar refractivity (Wildman–Crippen MR) is 287 cm³/mol. The van der Waals surface area contributed by atoms with Crippen LogP contribution in [0.15, 0.2) is 273 Å². The van der Waals surface area contributed by atoms with Crippen LogP contribution in [0.1, 0.15) is 44.5 Å². The first-order chi connectivity index (χ1) is 34.7. The molecule has 0 N–H and O–H groups in total. The lowest BCUT2D eigenvalue weighted by Gasteiger charge is -2.40. The molecule has 0 amide bonds. The Kier molecular flexibility index (Phi) is 9.06. The minimum Gasteiger partial charge on any atom is -0.457 e. The summed E-state index contributed by atoms with van der Waals surface area (Å²) in [4.78, 5) is 2.52. The summed E-state index contributed by atoms with van der Waals surface area (Å²) in [7, 11) is 0. The molecule has 0 unspecified atom stereocenters. The summed E-state index contributed by atoms with van der Waals surface area (Å²) in [6.45, 7) is 0. The number of hydrogen-bond acceptors (Lipinski definition) is 2. The minimum absolute atomic E-state index is 0.575. The second-order valence-electron chi connectivity index (χ2n) is 18.7. The van der Waals surface area contributed by atoms with Crippen molar-refractivity contribution in [3.8, 4) is 56.0 Å². The van der Waals surface area contributed by atoms with Crippen molar-refractivity contribution in [1.29, 1.82) is 0 Å². The van der Waals surface area contributed by atoms with Crippen LogP contribution in [0.3, 0.4) is 0 Å². The van der Waals surface area contributed by atoms with E-state index in [1.54, 1.807) is 0 Å². The molecule has 14 rings (SSSR count). The number of fused-ring (bicyclic) bond motifs is 12. The van der Waals surface area contributed by atoms with Crippen LogP contribution in [-0.2, 0) is 10.8 Å². The number of anilines is 3. The molecular formula is C68H45NO. The van der Waals surface area contributed by atoms with E-state index in [0.29, 0.717) is 0 Å². The van der Waals surface area contributed by atoms with Gasteiger partial charge in [0, 0.05) is 28.1 Å². The molecule has 328 valence electrons. The lowest BCUT2D eigenvalue weighted by molar-refractivity contribution is 0.436. The Bertz CT molecular complexity index is 3720. The Morgan fingerprint density at radius 1 is 0.257 bits per heavy atom. The van der Waals surface area contributed by atoms with Crippen LogP contribution in [-0.4, -0.2) is 0 Å². The zero-order valence-electron chi connectivity index (χ0n) is 38.3. The Balaban J connectivity index is 1.08. The molecule has 0 bridgehead atoms. The van der Waals surface area contributed by atoms with Crippen molar-refractivity contribution in [2.24, 2.45) is 0 Å². The van der Waals surface area contributed by atoms with Crippen molar-refractivity contribution in [1.82, 2.24) is 0 Å². The molecule has 0 aromatic heterocycles. The molecule has 0 saturated carbocycles. The van der Waals surface area contributed by atoms with E-state index in [1.807, 2.05) is 0 Å². The van der Waals surface area contributed by atoms with Gasteiger partial charge in [0.2, 0.25) is 0 Å². The van der Waals surface area contributed by atoms with Crippen molar-refractivity contribution >= 4 is 17.1 Å². The maximum absolute atomic E-state index is 6.77. The molecule has 2 heteroatoms. The highest BCUT2D eigenvalue weighted by atomic mass is 16.5. The van der Waals surface area contributed by atoms with Gasteiger partial charge in [-0.25, -0.2) is 0 Å². The first-order valence-corrected chi connectivity index (χ1v) is 24.2. The Hall–Kier alpha value is -8.98. The fourth-order valence-corrected chi connectivity index (χ4v) is 12.4. The molecule has 1 aliphatic heterocycles. The fraction of sp³-hybridized carbons (Fsp3) is 0.0294. The highest BCUT2D eigenvalue weighted by molar-refractivity contribution is 5.96. The molecule has 0 saturated heterocycles. The molecule has 70 heavy (non-hydrogen) atoms. The molecule has 1 spiro atoms. The third kappa shape index (κ3) is 5.74. The van der Waals surface area contributed by atoms with E-state index in [1.165, 1.54) is 66.8 Å². The van der Waals surface area contributed by atoms with Gasteiger partial charge in [-0.2, -0.15) is 0 Å². The monoisotopic (exact) mass is 891 g/mol. The lowest BCUT2D eigenvalue weighted by Crippen LogP contribution is -2.32. The van der Waals surface area contributed by atoms with E-state index in [9.17, 15) is 0 Å². The summed E-state index contributed by atoms with van der Waals surface area (Å²) < 4.78 is 6.77. The number of benzene rings is 11. The molecule has 2 nitrogen and oxygen atoms in total. The van der Waals surface area contributed by atoms with Crippen LogP contribution in [0.25, 0.3) is 44.5 Å². The SMILES string of the molecule is c1ccc(-c2ccc(N(c3ccc4c(c3)C(c3ccccc3)(c3ccccc3)c3ccccc3-4)c3ccc4c(c3)C3(c5ccccc5Oc5ccccc53)c3ccccc3-4)c(-c3ccccc3)c2)cc1. The van der Waals surface area contributed by atoms with Crippen LogP contribution in [0.2, 0.25) is 0 Å². The van der Waals surface area contributed by atoms with Gasteiger partial charge in [-0.1, -0.05) is 224 Å². The zero-order chi connectivity index (χ0) is 46.2. The second-order valence-corrected chi connectivity index (χ2v) is 18.7.